The van der Waals surface area contributed by atoms with Crippen molar-refractivity contribution in [2.45, 2.75) is 17.9 Å². The molecule has 0 bridgehead atoms. The number of sulfonamides is 1. The van der Waals surface area contributed by atoms with Crippen molar-refractivity contribution in [1.82, 2.24) is 9.62 Å². The molecule has 0 saturated carbocycles. The molecule has 1 N–H and O–H groups in total. The number of rotatable bonds is 8. The van der Waals surface area contributed by atoms with Crippen LogP contribution in [-0.2, 0) is 10.0 Å². The van der Waals surface area contributed by atoms with Gasteiger partial charge >= 0.3 is 0 Å². The minimum absolute atomic E-state index is 0.104. The first-order valence-corrected chi connectivity index (χ1v) is 9.64. The Morgan fingerprint density at radius 3 is 2.35 bits per heavy atom. The summed E-state index contributed by atoms with van der Waals surface area (Å²) in [6.07, 6.45) is 0. The van der Waals surface area contributed by atoms with Gasteiger partial charge in [0.05, 0.1) is 12.0 Å². The molecule has 0 saturated heterocycles. The van der Waals surface area contributed by atoms with Crippen molar-refractivity contribution in [3.8, 4) is 5.75 Å². The van der Waals surface area contributed by atoms with Gasteiger partial charge in [-0.1, -0.05) is 24.3 Å². The molecule has 0 amide bonds. The largest absolute Gasteiger partial charge is 0.497 e. The maximum atomic E-state index is 12.6. The zero-order valence-corrected chi connectivity index (χ0v) is 16.2. The zero-order valence-electron chi connectivity index (χ0n) is 15.4. The fourth-order valence-corrected chi connectivity index (χ4v) is 3.63. The standard InChI is InChI=1S/C19H24N2O4S/c1-14(22)15-8-10-18(11-9-15)26(23,24)20-13-19(21(2)3)16-6-5-7-17(12-16)25-4/h5-12,19-20H,13H2,1-4H3. The molecule has 2 rings (SSSR count). The summed E-state index contributed by atoms with van der Waals surface area (Å²) in [7, 11) is 1.70. The number of hydrogen-bond donors (Lipinski definition) is 1. The maximum Gasteiger partial charge on any atom is 0.240 e. The molecule has 0 radical (unpaired) electrons. The van der Waals surface area contributed by atoms with E-state index in [2.05, 4.69) is 4.72 Å². The van der Waals surface area contributed by atoms with Crippen molar-refractivity contribution in [3.63, 3.8) is 0 Å². The number of nitrogens with zero attached hydrogens (tertiary/aromatic N) is 1. The van der Waals surface area contributed by atoms with E-state index in [1.807, 2.05) is 43.3 Å². The number of benzene rings is 2. The maximum absolute atomic E-state index is 12.6. The van der Waals surface area contributed by atoms with E-state index >= 15 is 0 Å². The van der Waals surface area contributed by atoms with Crippen molar-refractivity contribution >= 4 is 15.8 Å². The molecule has 1 unspecified atom stereocenters. The molecule has 0 fully saturated rings. The Morgan fingerprint density at radius 2 is 1.81 bits per heavy atom. The van der Waals surface area contributed by atoms with Gasteiger partial charge in [-0.2, -0.15) is 0 Å². The number of Topliss-reactive ketones (excluding diaryl/α,β-unsaturated/α-hetero) is 1. The van der Waals surface area contributed by atoms with E-state index < -0.39 is 10.0 Å². The average molecular weight is 376 g/mol. The predicted octanol–water partition coefficient (Wildman–Crippen LogP) is 2.48. The van der Waals surface area contributed by atoms with Crippen LogP contribution < -0.4 is 9.46 Å². The number of nitrogens with one attached hydrogen (secondary N) is 1. The third-order valence-corrected chi connectivity index (χ3v) is 5.58. The summed E-state index contributed by atoms with van der Waals surface area (Å²) in [5.74, 6) is 0.615. The lowest BCUT2D eigenvalue weighted by molar-refractivity contribution is 0.101. The first-order valence-electron chi connectivity index (χ1n) is 8.15. The summed E-state index contributed by atoms with van der Waals surface area (Å²) in [5.41, 5.74) is 1.43. The van der Waals surface area contributed by atoms with E-state index in [0.29, 0.717) is 5.56 Å². The summed E-state index contributed by atoms with van der Waals surface area (Å²) < 4.78 is 33.0. The SMILES string of the molecule is COc1cccc(C(CNS(=O)(=O)c2ccc(C(C)=O)cc2)N(C)C)c1. The van der Waals surface area contributed by atoms with Crippen LogP contribution in [0.15, 0.2) is 53.4 Å². The van der Waals surface area contributed by atoms with E-state index in [4.69, 9.17) is 4.74 Å². The van der Waals surface area contributed by atoms with Crippen LogP contribution in [0.3, 0.4) is 0 Å². The molecule has 6 nitrogen and oxygen atoms in total. The normalized spacial score (nSPS) is 12.8. The second kappa shape index (κ2) is 8.44. The van der Waals surface area contributed by atoms with Crippen molar-refractivity contribution < 1.29 is 17.9 Å². The molecule has 140 valence electrons. The quantitative estimate of drug-likeness (QED) is 0.717. The lowest BCUT2D eigenvalue weighted by atomic mass is 10.1. The molecule has 1 atom stereocenters. The number of carbonyl (C=O) groups excluding carboxylic acids is 1. The van der Waals surface area contributed by atoms with Gasteiger partial charge < -0.3 is 9.64 Å². The monoisotopic (exact) mass is 376 g/mol. The summed E-state index contributed by atoms with van der Waals surface area (Å²) in [6, 6.07) is 13.3. The molecule has 2 aromatic carbocycles. The third-order valence-electron chi connectivity index (χ3n) is 4.14. The second-order valence-electron chi connectivity index (χ2n) is 6.19. The summed E-state index contributed by atoms with van der Waals surface area (Å²) in [5, 5.41) is 0. The predicted molar refractivity (Wildman–Crippen MR) is 101 cm³/mol. The number of ketones is 1. The number of hydrogen-bond acceptors (Lipinski definition) is 5. The molecule has 26 heavy (non-hydrogen) atoms. The van der Waals surface area contributed by atoms with Crippen LogP contribution >= 0.6 is 0 Å². The topological polar surface area (TPSA) is 75.7 Å². The number of ether oxygens (including phenoxy) is 1. The minimum Gasteiger partial charge on any atom is -0.497 e. The van der Waals surface area contributed by atoms with E-state index in [0.717, 1.165) is 11.3 Å². The van der Waals surface area contributed by atoms with Crippen molar-refractivity contribution in [3.05, 3.63) is 59.7 Å². The minimum atomic E-state index is -3.67. The molecular weight excluding hydrogens is 352 g/mol. The van der Waals surface area contributed by atoms with E-state index in [-0.39, 0.29) is 23.3 Å². The van der Waals surface area contributed by atoms with Crippen molar-refractivity contribution in [2.24, 2.45) is 0 Å². The highest BCUT2D eigenvalue weighted by Crippen LogP contribution is 2.22. The molecular formula is C19H24N2O4S. The van der Waals surface area contributed by atoms with Crippen LogP contribution in [-0.4, -0.2) is 46.9 Å². The Balaban J connectivity index is 2.18. The first-order chi connectivity index (χ1) is 12.2. The fourth-order valence-electron chi connectivity index (χ4n) is 2.59. The van der Waals surface area contributed by atoms with Gasteiger partial charge in [0.1, 0.15) is 5.75 Å². The van der Waals surface area contributed by atoms with Gasteiger partial charge in [0.25, 0.3) is 0 Å². The van der Waals surface area contributed by atoms with Crippen molar-refractivity contribution in [2.75, 3.05) is 27.7 Å². The number of methoxy groups -OCH3 is 1. The van der Waals surface area contributed by atoms with E-state index in [1.54, 1.807) is 7.11 Å². The molecule has 0 aliphatic carbocycles. The number of carbonyl (C=O) groups is 1. The van der Waals surface area contributed by atoms with E-state index in [1.165, 1.54) is 31.2 Å². The summed E-state index contributed by atoms with van der Waals surface area (Å²) >= 11 is 0. The Hall–Kier alpha value is -2.22. The van der Waals surface area contributed by atoms with Gasteiger partial charge in [-0.15, -0.1) is 0 Å². The molecule has 0 heterocycles. The van der Waals surface area contributed by atoms with Crippen LogP contribution in [0.1, 0.15) is 28.9 Å². The smallest absolute Gasteiger partial charge is 0.240 e. The summed E-state index contributed by atoms with van der Waals surface area (Å²) in [4.78, 5) is 13.4. The second-order valence-corrected chi connectivity index (χ2v) is 7.96. The summed E-state index contributed by atoms with van der Waals surface area (Å²) in [6.45, 7) is 1.65. The molecule has 0 spiro atoms. The van der Waals surface area contributed by atoms with E-state index in [9.17, 15) is 13.2 Å². The Bertz CT molecular complexity index is 861. The molecule has 7 heteroatoms. The van der Waals surface area contributed by atoms with Gasteiger partial charge in [-0.05, 0) is 50.8 Å². The Kier molecular flexibility index (Phi) is 6.52. The average Bonchev–Trinajstić information content (AvgIpc) is 2.61. The lowest BCUT2D eigenvalue weighted by Crippen LogP contribution is -2.34. The van der Waals surface area contributed by atoms with Gasteiger partial charge in [-0.25, -0.2) is 13.1 Å². The van der Waals surface area contributed by atoms with Crippen LogP contribution in [0.2, 0.25) is 0 Å². The highest BCUT2D eigenvalue weighted by Gasteiger charge is 2.20. The van der Waals surface area contributed by atoms with Crippen LogP contribution in [0.5, 0.6) is 5.75 Å². The van der Waals surface area contributed by atoms with Gasteiger partial charge in [0.15, 0.2) is 5.78 Å². The lowest BCUT2D eigenvalue weighted by Gasteiger charge is -2.25. The highest BCUT2D eigenvalue weighted by atomic mass is 32.2. The zero-order chi connectivity index (χ0) is 19.3. The third kappa shape index (κ3) is 4.91. The van der Waals surface area contributed by atoms with Crippen LogP contribution in [0, 0.1) is 0 Å². The molecule has 0 aromatic heterocycles. The highest BCUT2D eigenvalue weighted by molar-refractivity contribution is 7.89. The fraction of sp³-hybridized carbons (Fsp3) is 0.316. The molecule has 0 aliphatic rings. The number of likely N-dealkylation sites (N-methyl/N-ethyl adjacent to an activating group) is 1. The van der Waals surface area contributed by atoms with Crippen LogP contribution in [0.25, 0.3) is 0 Å². The molecule has 2 aromatic rings. The Morgan fingerprint density at radius 1 is 1.15 bits per heavy atom. The van der Waals surface area contributed by atoms with Crippen molar-refractivity contribution in [1.29, 1.82) is 0 Å². The first kappa shape index (κ1) is 20.1. The van der Waals surface area contributed by atoms with Gasteiger partial charge in [-0.3, -0.25) is 4.79 Å². The molecule has 0 aliphatic heterocycles. The Labute approximate surface area is 154 Å². The van der Waals surface area contributed by atoms with Crippen LogP contribution in [0.4, 0.5) is 0 Å². The van der Waals surface area contributed by atoms with Gasteiger partial charge in [0, 0.05) is 18.2 Å². The van der Waals surface area contributed by atoms with Gasteiger partial charge in [0.2, 0.25) is 10.0 Å².